The van der Waals surface area contributed by atoms with E-state index in [0.29, 0.717) is 11.0 Å². The fourth-order valence-electron chi connectivity index (χ4n) is 3.90. The Labute approximate surface area is 177 Å². The number of fused-ring (bicyclic) bond motifs is 2. The number of pyridine rings is 2. The monoisotopic (exact) mass is 412 g/mol. The number of aromatic carboxylic acids is 1. The molecule has 0 aliphatic heterocycles. The highest BCUT2D eigenvalue weighted by Gasteiger charge is 2.20. The van der Waals surface area contributed by atoms with Gasteiger partial charge in [-0.15, -0.1) is 0 Å². The Morgan fingerprint density at radius 3 is 2.74 bits per heavy atom. The number of carbonyl (C=O) groups is 1. The smallest absolute Gasteiger partial charge is 0.337 e. The molecule has 0 spiro atoms. The van der Waals surface area contributed by atoms with E-state index in [-0.39, 0.29) is 5.56 Å². The maximum Gasteiger partial charge on any atom is 0.337 e. The van der Waals surface area contributed by atoms with Gasteiger partial charge in [0.05, 0.1) is 33.5 Å². The molecule has 0 aliphatic rings. The molecule has 0 radical (unpaired) electrons. The van der Waals surface area contributed by atoms with Gasteiger partial charge in [-0.1, -0.05) is 18.2 Å². The fourth-order valence-corrected chi connectivity index (χ4v) is 3.90. The van der Waals surface area contributed by atoms with E-state index in [1.165, 1.54) is 12.3 Å². The number of para-hydroxylation sites is 1. The van der Waals surface area contributed by atoms with Gasteiger partial charge in [0, 0.05) is 31.9 Å². The van der Waals surface area contributed by atoms with Crippen molar-refractivity contribution in [1.82, 2.24) is 24.7 Å². The second-order valence-electron chi connectivity index (χ2n) is 7.51. The lowest BCUT2D eigenvalue weighted by molar-refractivity contribution is 0.0698. The molecule has 31 heavy (non-hydrogen) atoms. The van der Waals surface area contributed by atoms with Gasteiger partial charge in [-0.05, 0) is 36.8 Å². The standard InChI is InChI=1S/C23H20N6O2/c1-13-7-8-19(25-12-13)28(2)18-6-4-5-14-21(27-29(3)22(14)18)17-11-16-20(26-17)15(23(30)31)9-10-24-16/h4-12,26H,1-3H3,(H,30,31). The highest BCUT2D eigenvalue weighted by atomic mass is 16.4. The van der Waals surface area contributed by atoms with Crippen LogP contribution in [-0.2, 0) is 7.05 Å². The molecule has 2 N–H and O–H groups in total. The lowest BCUT2D eigenvalue weighted by Crippen LogP contribution is -2.12. The van der Waals surface area contributed by atoms with Gasteiger partial charge >= 0.3 is 5.97 Å². The molecule has 0 aliphatic carbocycles. The summed E-state index contributed by atoms with van der Waals surface area (Å²) in [5.74, 6) is -0.164. The molecule has 4 aromatic heterocycles. The van der Waals surface area contributed by atoms with Gasteiger partial charge in [-0.2, -0.15) is 5.10 Å². The van der Waals surface area contributed by atoms with Crippen LogP contribution >= 0.6 is 0 Å². The highest BCUT2D eigenvalue weighted by Crippen LogP contribution is 2.36. The number of H-pyrrole nitrogens is 1. The third-order valence-corrected chi connectivity index (χ3v) is 5.45. The molecule has 0 amide bonds. The van der Waals surface area contributed by atoms with E-state index < -0.39 is 5.97 Å². The SMILES string of the molecule is Cc1ccc(N(C)c2cccc3c(-c4cc5nccc(C(=O)O)c5[nH]4)nn(C)c23)nc1. The van der Waals surface area contributed by atoms with E-state index in [1.807, 2.05) is 73.2 Å². The van der Waals surface area contributed by atoms with Crippen LogP contribution in [0.3, 0.4) is 0 Å². The molecule has 5 aromatic rings. The Morgan fingerprint density at radius 1 is 1.16 bits per heavy atom. The normalized spacial score (nSPS) is 11.3. The maximum absolute atomic E-state index is 11.6. The predicted molar refractivity (Wildman–Crippen MR) is 120 cm³/mol. The Balaban J connectivity index is 1.68. The molecular formula is C23H20N6O2. The molecule has 0 unspecified atom stereocenters. The molecule has 0 bridgehead atoms. The molecule has 4 heterocycles. The lowest BCUT2D eigenvalue weighted by atomic mass is 10.1. The average molecular weight is 412 g/mol. The van der Waals surface area contributed by atoms with Crippen LogP contribution in [-0.4, -0.2) is 42.9 Å². The van der Waals surface area contributed by atoms with E-state index in [9.17, 15) is 9.90 Å². The van der Waals surface area contributed by atoms with Gasteiger partial charge in [-0.25, -0.2) is 9.78 Å². The number of aryl methyl sites for hydroxylation is 2. The molecule has 0 atom stereocenters. The van der Waals surface area contributed by atoms with E-state index in [1.54, 1.807) is 0 Å². The highest BCUT2D eigenvalue weighted by molar-refractivity contribution is 6.05. The first-order chi connectivity index (χ1) is 14.9. The van der Waals surface area contributed by atoms with Crippen molar-refractivity contribution in [2.24, 2.45) is 7.05 Å². The number of benzene rings is 1. The average Bonchev–Trinajstić information content (AvgIpc) is 3.34. The Hall–Kier alpha value is -4.20. The first-order valence-corrected chi connectivity index (χ1v) is 9.77. The van der Waals surface area contributed by atoms with Gasteiger partial charge in [0.1, 0.15) is 11.5 Å². The van der Waals surface area contributed by atoms with Crippen molar-refractivity contribution < 1.29 is 9.90 Å². The van der Waals surface area contributed by atoms with Gasteiger partial charge in [0.25, 0.3) is 0 Å². The van der Waals surface area contributed by atoms with E-state index in [4.69, 9.17) is 5.10 Å². The number of hydrogen-bond acceptors (Lipinski definition) is 5. The third-order valence-electron chi connectivity index (χ3n) is 5.45. The minimum absolute atomic E-state index is 0.183. The summed E-state index contributed by atoms with van der Waals surface area (Å²) in [7, 11) is 3.88. The molecule has 0 saturated carbocycles. The lowest BCUT2D eigenvalue weighted by Gasteiger charge is -2.19. The van der Waals surface area contributed by atoms with Crippen molar-refractivity contribution in [3.05, 3.63) is 66.0 Å². The van der Waals surface area contributed by atoms with Crippen LogP contribution < -0.4 is 4.90 Å². The van der Waals surface area contributed by atoms with Crippen LogP contribution in [0.1, 0.15) is 15.9 Å². The molecule has 1 aromatic carbocycles. The zero-order valence-electron chi connectivity index (χ0n) is 17.3. The van der Waals surface area contributed by atoms with E-state index in [2.05, 4.69) is 15.0 Å². The number of anilines is 2. The second-order valence-corrected chi connectivity index (χ2v) is 7.51. The summed E-state index contributed by atoms with van der Waals surface area (Å²) in [6, 6.07) is 13.4. The topological polar surface area (TPSA) is 99.9 Å². The van der Waals surface area contributed by atoms with Crippen LogP contribution in [0.15, 0.2) is 54.9 Å². The largest absolute Gasteiger partial charge is 0.478 e. The Morgan fingerprint density at radius 2 is 2.00 bits per heavy atom. The molecule has 8 heteroatoms. The van der Waals surface area contributed by atoms with Crippen molar-refractivity contribution in [2.75, 3.05) is 11.9 Å². The maximum atomic E-state index is 11.6. The zero-order valence-corrected chi connectivity index (χ0v) is 17.3. The van der Waals surface area contributed by atoms with Crippen molar-refractivity contribution in [3.8, 4) is 11.4 Å². The number of hydrogen-bond donors (Lipinski definition) is 2. The first-order valence-electron chi connectivity index (χ1n) is 9.77. The van der Waals surface area contributed by atoms with Gasteiger partial charge in [-0.3, -0.25) is 9.67 Å². The van der Waals surface area contributed by atoms with Gasteiger partial charge in [0.2, 0.25) is 0 Å². The third kappa shape index (κ3) is 3.00. The summed E-state index contributed by atoms with van der Waals surface area (Å²) < 4.78 is 1.84. The second kappa shape index (κ2) is 6.94. The Bertz CT molecular complexity index is 1450. The van der Waals surface area contributed by atoms with Gasteiger partial charge in [0.15, 0.2) is 0 Å². The van der Waals surface area contributed by atoms with E-state index in [0.717, 1.165) is 39.4 Å². The molecule has 5 rings (SSSR count). The summed E-state index contributed by atoms with van der Waals surface area (Å²) in [4.78, 5) is 25.7. The fraction of sp³-hybridized carbons (Fsp3) is 0.130. The van der Waals surface area contributed by atoms with Crippen molar-refractivity contribution in [1.29, 1.82) is 0 Å². The van der Waals surface area contributed by atoms with Crippen LogP contribution in [0.5, 0.6) is 0 Å². The quantitative estimate of drug-likeness (QED) is 0.457. The van der Waals surface area contributed by atoms with Crippen LogP contribution in [0.2, 0.25) is 0 Å². The summed E-state index contributed by atoms with van der Waals surface area (Å²) in [5.41, 5.74) is 5.73. The number of carboxylic acids is 1. The molecule has 154 valence electrons. The van der Waals surface area contributed by atoms with Crippen molar-refractivity contribution in [3.63, 3.8) is 0 Å². The molecule has 0 fully saturated rings. The summed E-state index contributed by atoms with van der Waals surface area (Å²) in [6.07, 6.45) is 3.35. The van der Waals surface area contributed by atoms with Crippen molar-refractivity contribution in [2.45, 2.75) is 6.92 Å². The molecule has 0 saturated heterocycles. The summed E-state index contributed by atoms with van der Waals surface area (Å²) in [5, 5.41) is 15.2. The van der Waals surface area contributed by atoms with E-state index >= 15 is 0 Å². The number of rotatable bonds is 4. The van der Waals surface area contributed by atoms with Crippen LogP contribution in [0.4, 0.5) is 11.5 Å². The number of carboxylic acid groups (broad SMARTS) is 1. The molecular weight excluding hydrogens is 392 g/mol. The van der Waals surface area contributed by atoms with Crippen molar-refractivity contribution >= 4 is 39.4 Å². The predicted octanol–water partition coefficient (Wildman–Crippen LogP) is 4.29. The minimum atomic E-state index is -0.999. The van der Waals surface area contributed by atoms with Gasteiger partial charge < -0.3 is 15.0 Å². The number of aromatic amines is 1. The minimum Gasteiger partial charge on any atom is -0.478 e. The number of aromatic nitrogens is 5. The van der Waals surface area contributed by atoms with Crippen LogP contribution in [0, 0.1) is 6.92 Å². The Kier molecular flexibility index (Phi) is 4.21. The molecule has 8 nitrogen and oxygen atoms in total. The number of nitrogens with zero attached hydrogens (tertiary/aromatic N) is 5. The zero-order chi connectivity index (χ0) is 21.7. The first kappa shape index (κ1) is 18.8. The summed E-state index contributed by atoms with van der Waals surface area (Å²) >= 11 is 0. The number of nitrogens with one attached hydrogen (secondary N) is 1. The summed E-state index contributed by atoms with van der Waals surface area (Å²) in [6.45, 7) is 2.01. The van der Waals surface area contributed by atoms with Crippen LogP contribution in [0.25, 0.3) is 33.3 Å².